The first-order valence-corrected chi connectivity index (χ1v) is 5.10. The topological polar surface area (TPSA) is 54.4 Å². The number of hydrogen-bond acceptors (Lipinski definition) is 2. The van der Waals surface area contributed by atoms with Crippen LogP contribution in [-0.4, -0.2) is 16.9 Å². The summed E-state index contributed by atoms with van der Waals surface area (Å²) in [6.45, 7) is 1.88. The van der Waals surface area contributed by atoms with Crippen molar-refractivity contribution in [1.29, 1.82) is 0 Å². The molecule has 4 heteroatoms. The number of Topliss-reactive ketones (excluding diaryl/α,β-unsaturated/α-hetero) is 1. The summed E-state index contributed by atoms with van der Waals surface area (Å²) in [5, 5.41) is 8.45. The molecule has 0 aliphatic rings. The number of halogens is 1. The lowest BCUT2D eigenvalue weighted by atomic mass is 10.0. The average molecular weight is 304 g/mol. The van der Waals surface area contributed by atoms with E-state index in [2.05, 4.69) is 22.6 Å². The molecule has 0 aliphatic heterocycles. The number of benzene rings is 1. The van der Waals surface area contributed by atoms with Crippen molar-refractivity contribution in [2.45, 2.75) is 13.3 Å². The van der Waals surface area contributed by atoms with Gasteiger partial charge in [-0.3, -0.25) is 4.79 Å². The molecule has 0 amide bonds. The van der Waals surface area contributed by atoms with Crippen LogP contribution in [0.2, 0.25) is 0 Å². The minimum Gasteiger partial charge on any atom is -0.475 e. The highest BCUT2D eigenvalue weighted by molar-refractivity contribution is 14.1. The molecule has 1 rings (SSSR count). The Hall–Kier alpha value is -0.910. The second kappa shape index (κ2) is 4.54. The predicted molar refractivity (Wildman–Crippen MR) is 60.2 cm³/mol. The van der Waals surface area contributed by atoms with E-state index in [1.54, 1.807) is 6.07 Å². The highest BCUT2D eigenvalue weighted by Gasteiger charge is 2.13. The Morgan fingerprint density at radius 3 is 2.64 bits per heavy atom. The molecule has 0 spiro atoms. The van der Waals surface area contributed by atoms with Crippen molar-refractivity contribution in [2.75, 3.05) is 0 Å². The fourth-order valence-electron chi connectivity index (χ4n) is 1.09. The highest BCUT2D eigenvalue weighted by Crippen LogP contribution is 2.16. The van der Waals surface area contributed by atoms with Gasteiger partial charge in [0.05, 0.1) is 0 Å². The molecule has 0 aliphatic carbocycles. The van der Waals surface area contributed by atoms with Crippen molar-refractivity contribution in [3.8, 4) is 0 Å². The number of aliphatic carboxylic acids is 1. The van der Waals surface area contributed by atoms with E-state index < -0.39 is 11.8 Å². The van der Waals surface area contributed by atoms with E-state index in [1.807, 2.05) is 19.1 Å². The first kappa shape index (κ1) is 11.2. The minimum absolute atomic E-state index is 0.0298. The fourth-order valence-corrected chi connectivity index (χ4v) is 1.65. The van der Waals surface area contributed by atoms with E-state index in [9.17, 15) is 9.59 Å². The summed E-state index contributed by atoms with van der Waals surface area (Å²) in [4.78, 5) is 21.3. The van der Waals surface area contributed by atoms with E-state index in [1.165, 1.54) is 0 Å². The minimum atomic E-state index is -1.37. The molecule has 0 saturated carbocycles. The van der Waals surface area contributed by atoms with Gasteiger partial charge in [0.2, 0.25) is 5.78 Å². The molecule has 1 N–H and O–H groups in total. The van der Waals surface area contributed by atoms with Gasteiger partial charge in [-0.1, -0.05) is 12.1 Å². The van der Waals surface area contributed by atoms with Gasteiger partial charge in [-0.05, 0) is 46.7 Å². The quantitative estimate of drug-likeness (QED) is 0.684. The molecule has 0 bridgehead atoms. The van der Waals surface area contributed by atoms with Gasteiger partial charge in [0.15, 0.2) is 0 Å². The zero-order valence-electron chi connectivity index (χ0n) is 7.58. The Morgan fingerprint density at radius 1 is 1.43 bits per heavy atom. The second-order valence-electron chi connectivity index (χ2n) is 2.93. The first-order chi connectivity index (χ1) is 6.52. The Morgan fingerprint density at radius 2 is 2.07 bits per heavy atom. The van der Waals surface area contributed by atoms with Gasteiger partial charge in [0.1, 0.15) is 0 Å². The molecule has 0 atom stereocenters. The second-order valence-corrected chi connectivity index (χ2v) is 4.09. The van der Waals surface area contributed by atoms with Gasteiger partial charge >= 0.3 is 5.97 Å². The van der Waals surface area contributed by atoms with Gasteiger partial charge in [0.25, 0.3) is 0 Å². The molecule has 1 aromatic rings. The van der Waals surface area contributed by atoms with Crippen LogP contribution in [0.25, 0.3) is 0 Å². The Labute approximate surface area is 95.3 Å². The number of carbonyl (C=O) groups excluding carboxylic acids is 1. The van der Waals surface area contributed by atoms with E-state index in [-0.39, 0.29) is 6.42 Å². The summed E-state index contributed by atoms with van der Waals surface area (Å²) in [5.74, 6) is -2.14. The van der Waals surface area contributed by atoms with Crippen LogP contribution in [0.4, 0.5) is 0 Å². The monoisotopic (exact) mass is 304 g/mol. The fraction of sp³-hybridized carbons (Fsp3) is 0.200. The summed E-state index contributed by atoms with van der Waals surface area (Å²) >= 11 is 2.16. The van der Waals surface area contributed by atoms with E-state index in [4.69, 9.17) is 5.11 Å². The lowest BCUT2D eigenvalue weighted by molar-refractivity contribution is -0.148. The van der Waals surface area contributed by atoms with Crippen LogP contribution in [0, 0.1) is 10.5 Å². The van der Waals surface area contributed by atoms with Crippen molar-refractivity contribution in [1.82, 2.24) is 0 Å². The maximum Gasteiger partial charge on any atom is 0.372 e. The SMILES string of the molecule is Cc1c(I)cccc1CC(=O)C(=O)O. The summed E-state index contributed by atoms with van der Waals surface area (Å²) in [5.41, 5.74) is 1.76. The van der Waals surface area contributed by atoms with Crippen LogP contribution in [0.3, 0.4) is 0 Å². The number of carboxylic acids is 1. The Balaban J connectivity index is 2.93. The maximum atomic E-state index is 11.0. The molecule has 0 radical (unpaired) electrons. The molecule has 0 saturated heterocycles. The van der Waals surface area contributed by atoms with Crippen molar-refractivity contribution >= 4 is 34.3 Å². The number of rotatable bonds is 3. The zero-order chi connectivity index (χ0) is 10.7. The smallest absolute Gasteiger partial charge is 0.372 e. The summed E-state index contributed by atoms with van der Waals surface area (Å²) in [7, 11) is 0. The third-order valence-electron chi connectivity index (χ3n) is 1.97. The number of carbonyl (C=O) groups is 2. The molecule has 14 heavy (non-hydrogen) atoms. The third kappa shape index (κ3) is 2.54. The van der Waals surface area contributed by atoms with Crippen molar-refractivity contribution < 1.29 is 14.7 Å². The standard InChI is InChI=1S/C10H9IO3/c1-6-7(3-2-4-8(6)11)5-9(12)10(13)14/h2-4H,5H2,1H3,(H,13,14). The number of carboxylic acid groups (broad SMARTS) is 1. The van der Waals surface area contributed by atoms with Crippen LogP contribution in [0.15, 0.2) is 18.2 Å². The summed E-state index contributed by atoms with van der Waals surface area (Å²) in [6, 6.07) is 5.52. The van der Waals surface area contributed by atoms with Crippen LogP contribution >= 0.6 is 22.6 Å². The Bertz CT molecular complexity index is 385. The number of hydrogen-bond donors (Lipinski definition) is 1. The molecule has 1 aromatic carbocycles. The molecular weight excluding hydrogens is 295 g/mol. The van der Waals surface area contributed by atoms with Crippen LogP contribution < -0.4 is 0 Å². The molecule has 0 aromatic heterocycles. The van der Waals surface area contributed by atoms with Gasteiger partial charge in [0, 0.05) is 9.99 Å². The number of ketones is 1. The van der Waals surface area contributed by atoms with Gasteiger partial charge < -0.3 is 5.11 Å². The molecule has 3 nitrogen and oxygen atoms in total. The van der Waals surface area contributed by atoms with E-state index in [0.29, 0.717) is 0 Å². The van der Waals surface area contributed by atoms with Crippen LogP contribution in [0.1, 0.15) is 11.1 Å². The summed E-state index contributed by atoms with van der Waals surface area (Å²) < 4.78 is 1.04. The normalized spacial score (nSPS) is 9.86. The van der Waals surface area contributed by atoms with Gasteiger partial charge in [-0.25, -0.2) is 4.79 Å². The zero-order valence-corrected chi connectivity index (χ0v) is 9.74. The van der Waals surface area contributed by atoms with Crippen molar-refractivity contribution in [3.63, 3.8) is 0 Å². The largest absolute Gasteiger partial charge is 0.475 e. The van der Waals surface area contributed by atoms with Gasteiger partial charge in [-0.15, -0.1) is 0 Å². The maximum absolute atomic E-state index is 11.0. The summed E-state index contributed by atoms with van der Waals surface area (Å²) in [6.07, 6.45) is -0.0298. The first-order valence-electron chi connectivity index (χ1n) is 4.02. The van der Waals surface area contributed by atoms with Crippen molar-refractivity contribution in [2.24, 2.45) is 0 Å². The molecule has 0 unspecified atom stereocenters. The molecule has 0 fully saturated rings. The van der Waals surface area contributed by atoms with Crippen LogP contribution in [-0.2, 0) is 16.0 Å². The highest BCUT2D eigenvalue weighted by atomic mass is 127. The van der Waals surface area contributed by atoms with Gasteiger partial charge in [-0.2, -0.15) is 0 Å². The molecule has 74 valence electrons. The van der Waals surface area contributed by atoms with E-state index >= 15 is 0 Å². The molecule has 0 heterocycles. The third-order valence-corrected chi connectivity index (χ3v) is 3.14. The Kier molecular flexibility index (Phi) is 3.62. The van der Waals surface area contributed by atoms with E-state index in [0.717, 1.165) is 14.7 Å². The van der Waals surface area contributed by atoms with Crippen LogP contribution in [0.5, 0.6) is 0 Å². The predicted octanol–water partition coefficient (Wildman–Crippen LogP) is 1.80. The lowest BCUT2D eigenvalue weighted by Gasteiger charge is -2.04. The van der Waals surface area contributed by atoms with Crippen molar-refractivity contribution in [3.05, 3.63) is 32.9 Å². The molecular formula is C10H9IO3. The lowest BCUT2D eigenvalue weighted by Crippen LogP contribution is -2.15. The average Bonchev–Trinajstić information content (AvgIpc) is 2.12.